The van der Waals surface area contributed by atoms with Crippen molar-refractivity contribution in [2.75, 3.05) is 5.32 Å². The summed E-state index contributed by atoms with van der Waals surface area (Å²) in [6, 6.07) is 16.9. The van der Waals surface area contributed by atoms with Gasteiger partial charge < -0.3 is 15.8 Å². The summed E-state index contributed by atoms with van der Waals surface area (Å²) in [6.07, 6.45) is 4.95. The van der Waals surface area contributed by atoms with Crippen LogP contribution in [0.5, 0.6) is 5.75 Å². The van der Waals surface area contributed by atoms with Crippen LogP contribution in [0, 0.1) is 0 Å². The lowest BCUT2D eigenvalue weighted by atomic mass is 9.92. The minimum atomic E-state index is -1.09. The van der Waals surface area contributed by atoms with Crippen molar-refractivity contribution in [1.82, 2.24) is 0 Å². The zero-order valence-corrected chi connectivity index (χ0v) is 14.0. The average Bonchev–Trinajstić information content (AvgIpc) is 3.09. The third kappa shape index (κ3) is 3.77. The quantitative estimate of drug-likeness (QED) is 0.879. The lowest BCUT2D eigenvalue weighted by Gasteiger charge is -2.24. The molecule has 126 valence electrons. The summed E-state index contributed by atoms with van der Waals surface area (Å²) in [6.45, 7) is 1.72. The number of nitrogens with two attached hydrogens (primary N) is 1. The highest BCUT2D eigenvalue weighted by Gasteiger charge is 2.30. The van der Waals surface area contributed by atoms with Gasteiger partial charge in [0.15, 0.2) is 0 Å². The van der Waals surface area contributed by atoms with Gasteiger partial charge in [-0.2, -0.15) is 0 Å². The third-order valence-corrected chi connectivity index (χ3v) is 4.54. The zero-order chi connectivity index (χ0) is 17.0. The maximum Gasteiger partial charge on any atom is 0.248 e. The molecular weight excluding hydrogens is 300 g/mol. The van der Waals surface area contributed by atoms with Crippen LogP contribution in [0.15, 0.2) is 54.6 Å². The van der Waals surface area contributed by atoms with E-state index in [0.717, 1.165) is 24.2 Å². The Morgan fingerprint density at radius 2 is 1.83 bits per heavy atom. The van der Waals surface area contributed by atoms with E-state index >= 15 is 0 Å². The summed E-state index contributed by atoms with van der Waals surface area (Å²) in [5.41, 5.74) is 6.64. The molecule has 1 atom stereocenters. The van der Waals surface area contributed by atoms with Crippen molar-refractivity contribution in [2.24, 2.45) is 5.73 Å². The molecule has 1 amide bonds. The normalized spacial score (nSPS) is 17.2. The first kappa shape index (κ1) is 16.5. The molecule has 0 saturated heterocycles. The van der Waals surface area contributed by atoms with Crippen LogP contribution >= 0.6 is 0 Å². The predicted molar refractivity (Wildman–Crippen MR) is 95.9 cm³/mol. The Kier molecular flexibility index (Phi) is 4.86. The van der Waals surface area contributed by atoms with Crippen LogP contribution in [0.1, 0.15) is 38.2 Å². The van der Waals surface area contributed by atoms with Gasteiger partial charge in [0.25, 0.3) is 0 Å². The van der Waals surface area contributed by atoms with Crippen molar-refractivity contribution in [1.29, 1.82) is 0 Å². The van der Waals surface area contributed by atoms with Crippen LogP contribution in [0.25, 0.3) is 0 Å². The minimum Gasteiger partial charge on any atom is -0.490 e. The topological polar surface area (TPSA) is 64.4 Å². The summed E-state index contributed by atoms with van der Waals surface area (Å²) in [4.78, 5) is 12.6. The van der Waals surface area contributed by atoms with E-state index < -0.39 is 5.54 Å². The van der Waals surface area contributed by atoms with Gasteiger partial charge in [-0.3, -0.25) is 4.79 Å². The molecule has 0 aromatic heterocycles. The Morgan fingerprint density at radius 3 is 2.54 bits per heavy atom. The van der Waals surface area contributed by atoms with Gasteiger partial charge in [-0.15, -0.1) is 0 Å². The molecular formula is C20H24N2O2. The summed E-state index contributed by atoms with van der Waals surface area (Å²) >= 11 is 0. The SMILES string of the molecule is CC(N)(C(=O)Nc1cccc(OC2CCCC2)c1)c1ccccc1. The van der Waals surface area contributed by atoms with Crippen molar-refractivity contribution in [3.8, 4) is 5.75 Å². The number of carbonyl (C=O) groups excluding carboxylic acids is 1. The zero-order valence-electron chi connectivity index (χ0n) is 14.0. The van der Waals surface area contributed by atoms with Crippen LogP contribution in [0.3, 0.4) is 0 Å². The summed E-state index contributed by atoms with van der Waals surface area (Å²) in [5.74, 6) is 0.546. The number of nitrogens with one attached hydrogen (secondary N) is 1. The molecule has 1 aliphatic rings. The molecule has 2 aromatic rings. The first-order chi connectivity index (χ1) is 11.6. The Labute approximate surface area is 143 Å². The van der Waals surface area contributed by atoms with E-state index in [1.807, 2.05) is 54.6 Å². The molecule has 0 heterocycles. The van der Waals surface area contributed by atoms with Gasteiger partial charge in [0.2, 0.25) is 5.91 Å². The molecule has 2 aromatic carbocycles. The van der Waals surface area contributed by atoms with Crippen LogP contribution in [-0.2, 0) is 10.3 Å². The highest BCUT2D eigenvalue weighted by molar-refractivity contribution is 5.98. The molecule has 1 saturated carbocycles. The van der Waals surface area contributed by atoms with E-state index in [9.17, 15) is 4.79 Å². The van der Waals surface area contributed by atoms with E-state index in [1.54, 1.807) is 6.92 Å². The van der Waals surface area contributed by atoms with E-state index in [2.05, 4.69) is 5.32 Å². The molecule has 0 radical (unpaired) electrons. The average molecular weight is 324 g/mol. The standard InChI is InChI=1S/C20H24N2O2/c1-20(21,15-8-3-2-4-9-15)19(23)22-16-10-7-13-18(14-16)24-17-11-5-6-12-17/h2-4,7-10,13-14,17H,5-6,11-12,21H2,1H3,(H,22,23). The fourth-order valence-corrected chi connectivity index (χ4v) is 3.02. The van der Waals surface area contributed by atoms with Crippen LogP contribution in [0.2, 0.25) is 0 Å². The first-order valence-electron chi connectivity index (χ1n) is 8.48. The third-order valence-electron chi connectivity index (χ3n) is 4.54. The van der Waals surface area contributed by atoms with Crippen molar-refractivity contribution >= 4 is 11.6 Å². The van der Waals surface area contributed by atoms with Crippen molar-refractivity contribution < 1.29 is 9.53 Å². The molecule has 0 aliphatic heterocycles. The Hall–Kier alpha value is -2.33. The Morgan fingerprint density at radius 1 is 1.12 bits per heavy atom. The second-order valence-corrected chi connectivity index (χ2v) is 6.57. The smallest absolute Gasteiger partial charge is 0.248 e. The number of anilines is 1. The monoisotopic (exact) mass is 324 g/mol. The van der Waals surface area contributed by atoms with E-state index in [0.29, 0.717) is 11.8 Å². The number of ether oxygens (including phenoxy) is 1. The van der Waals surface area contributed by atoms with Crippen LogP contribution in [0.4, 0.5) is 5.69 Å². The lowest BCUT2D eigenvalue weighted by Crippen LogP contribution is -2.45. The van der Waals surface area contributed by atoms with Crippen molar-refractivity contribution in [2.45, 2.75) is 44.2 Å². The number of hydrogen-bond donors (Lipinski definition) is 2. The van der Waals surface area contributed by atoms with Gasteiger partial charge in [-0.25, -0.2) is 0 Å². The van der Waals surface area contributed by atoms with Crippen LogP contribution in [-0.4, -0.2) is 12.0 Å². The minimum absolute atomic E-state index is 0.244. The maximum atomic E-state index is 12.6. The second kappa shape index (κ2) is 7.05. The Balaban J connectivity index is 1.70. The van der Waals surface area contributed by atoms with Gasteiger partial charge in [-0.1, -0.05) is 36.4 Å². The van der Waals surface area contributed by atoms with Gasteiger partial charge >= 0.3 is 0 Å². The lowest BCUT2D eigenvalue weighted by molar-refractivity contribution is -0.120. The molecule has 4 heteroatoms. The molecule has 24 heavy (non-hydrogen) atoms. The van der Waals surface area contributed by atoms with Crippen LogP contribution < -0.4 is 15.8 Å². The molecule has 0 bridgehead atoms. The summed E-state index contributed by atoms with van der Waals surface area (Å²) in [5, 5.41) is 2.90. The van der Waals surface area contributed by atoms with Crippen molar-refractivity contribution in [3.63, 3.8) is 0 Å². The molecule has 1 unspecified atom stereocenters. The molecule has 3 N–H and O–H groups in total. The van der Waals surface area contributed by atoms with Gasteiger partial charge in [0, 0.05) is 11.8 Å². The molecule has 1 aliphatic carbocycles. The molecule has 4 nitrogen and oxygen atoms in total. The number of amides is 1. The van der Waals surface area contributed by atoms with Crippen molar-refractivity contribution in [3.05, 3.63) is 60.2 Å². The predicted octanol–water partition coefficient (Wildman–Crippen LogP) is 3.82. The second-order valence-electron chi connectivity index (χ2n) is 6.57. The summed E-state index contributed by atoms with van der Waals surface area (Å²) in [7, 11) is 0. The summed E-state index contributed by atoms with van der Waals surface area (Å²) < 4.78 is 5.99. The van der Waals surface area contributed by atoms with E-state index in [4.69, 9.17) is 10.5 Å². The Bertz CT molecular complexity index is 692. The number of benzene rings is 2. The van der Waals surface area contributed by atoms with Gasteiger partial charge in [0.1, 0.15) is 11.3 Å². The molecule has 0 spiro atoms. The van der Waals surface area contributed by atoms with Gasteiger partial charge in [0.05, 0.1) is 6.10 Å². The number of rotatable bonds is 5. The fraction of sp³-hybridized carbons (Fsp3) is 0.350. The number of hydrogen-bond acceptors (Lipinski definition) is 3. The highest BCUT2D eigenvalue weighted by Crippen LogP contribution is 2.26. The fourth-order valence-electron chi connectivity index (χ4n) is 3.02. The first-order valence-corrected chi connectivity index (χ1v) is 8.48. The molecule has 1 fully saturated rings. The van der Waals surface area contributed by atoms with E-state index in [-0.39, 0.29) is 5.91 Å². The van der Waals surface area contributed by atoms with E-state index in [1.165, 1.54) is 12.8 Å². The number of carbonyl (C=O) groups is 1. The van der Waals surface area contributed by atoms with Gasteiger partial charge in [-0.05, 0) is 50.3 Å². The maximum absolute atomic E-state index is 12.6. The largest absolute Gasteiger partial charge is 0.490 e. The highest BCUT2D eigenvalue weighted by atomic mass is 16.5. The molecule has 3 rings (SSSR count).